The molecule has 4 aromatic rings. The molecule has 0 aliphatic heterocycles. The average molecular weight is 409 g/mol. The molecule has 0 saturated heterocycles. The van der Waals surface area contributed by atoms with Crippen molar-refractivity contribution < 1.29 is 5.11 Å². The maximum absolute atomic E-state index is 11.3. The second-order valence-electron chi connectivity index (χ2n) is 8.83. The Kier molecular flexibility index (Phi) is 5.36. The van der Waals surface area contributed by atoms with Crippen LogP contribution in [0, 0.1) is 0 Å². The summed E-state index contributed by atoms with van der Waals surface area (Å²) in [7, 11) is -2.70. The summed E-state index contributed by atoms with van der Waals surface area (Å²) in [6, 6.07) is 38.3. The van der Waals surface area contributed by atoms with Crippen LogP contribution in [0.4, 0.5) is 0 Å². The van der Waals surface area contributed by atoms with Crippen LogP contribution < -0.4 is 20.7 Å². The van der Waals surface area contributed by atoms with Gasteiger partial charge in [-0.3, -0.25) is 0 Å². The topological polar surface area (TPSA) is 20.2 Å². The second kappa shape index (κ2) is 7.96. The standard InChI is InChI=1S/C28H28OSi/c1-28(2,3)22-19-20-26(29)27(21-22)30(23-13-7-4-8-14-23,24-15-9-5-10-16-24)25-17-11-6-12-18-25/h4-21,29H,1-3H3. The molecule has 4 aromatic carbocycles. The van der Waals surface area contributed by atoms with Crippen LogP contribution >= 0.6 is 0 Å². The highest BCUT2D eigenvalue weighted by Crippen LogP contribution is 2.25. The summed E-state index contributed by atoms with van der Waals surface area (Å²) in [4.78, 5) is 0. The van der Waals surface area contributed by atoms with Crippen molar-refractivity contribution in [1.29, 1.82) is 0 Å². The average Bonchev–Trinajstić information content (AvgIpc) is 2.77. The van der Waals surface area contributed by atoms with E-state index in [-0.39, 0.29) is 5.41 Å². The first kappa shape index (κ1) is 20.2. The lowest BCUT2D eigenvalue weighted by Crippen LogP contribution is -2.74. The first-order valence-corrected chi connectivity index (χ1v) is 12.4. The van der Waals surface area contributed by atoms with Crippen molar-refractivity contribution in [3.05, 3.63) is 115 Å². The Morgan fingerprint density at radius 2 is 0.967 bits per heavy atom. The predicted octanol–water partition coefficient (Wildman–Crippen LogP) is 4.07. The Morgan fingerprint density at radius 1 is 0.567 bits per heavy atom. The minimum atomic E-state index is -2.70. The van der Waals surface area contributed by atoms with Gasteiger partial charge in [0.05, 0.1) is 0 Å². The van der Waals surface area contributed by atoms with Gasteiger partial charge in [-0.15, -0.1) is 0 Å². The molecule has 0 radical (unpaired) electrons. The third kappa shape index (κ3) is 3.48. The van der Waals surface area contributed by atoms with E-state index in [0.29, 0.717) is 5.75 Å². The molecule has 1 nitrogen and oxygen atoms in total. The molecule has 0 heterocycles. The van der Waals surface area contributed by atoms with E-state index in [1.807, 2.05) is 6.07 Å². The number of hydrogen-bond acceptors (Lipinski definition) is 1. The van der Waals surface area contributed by atoms with Gasteiger partial charge >= 0.3 is 0 Å². The molecule has 2 heteroatoms. The van der Waals surface area contributed by atoms with Crippen molar-refractivity contribution >= 4 is 28.8 Å². The van der Waals surface area contributed by atoms with Gasteiger partial charge in [0.2, 0.25) is 0 Å². The smallest absolute Gasteiger partial charge is 0.183 e. The molecule has 0 aliphatic rings. The summed E-state index contributed by atoms with van der Waals surface area (Å²) < 4.78 is 0. The number of aromatic hydroxyl groups is 1. The molecule has 0 atom stereocenters. The summed E-state index contributed by atoms with van der Waals surface area (Å²) in [6.07, 6.45) is 0. The van der Waals surface area contributed by atoms with E-state index in [4.69, 9.17) is 0 Å². The molecule has 0 saturated carbocycles. The molecule has 0 unspecified atom stereocenters. The molecular formula is C28H28OSi. The first-order chi connectivity index (χ1) is 14.4. The largest absolute Gasteiger partial charge is 0.508 e. The summed E-state index contributed by atoms with van der Waals surface area (Å²) >= 11 is 0. The highest BCUT2D eigenvalue weighted by molar-refractivity contribution is 7.20. The highest BCUT2D eigenvalue weighted by Gasteiger charge is 2.43. The van der Waals surface area contributed by atoms with Gasteiger partial charge in [-0.25, -0.2) is 0 Å². The minimum absolute atomic E-state index is 0.00729. The minimum Gasteiger partial charge on any atom is -0.508 e. The Bertz CT molecular complexity index is 1020. The van der Waals surface area contributed by atoms with Crippen LogP contribution in [0.5, 0.6) is 5.75 Å². The molecule has 150 valence electrons. The Labute approximate surface area is 180 Å². The monoisotopic (exact) mass is 408 g/mol. The first-order valence-electron chi connectivity index (χ1n) is 10.4. The SMILES string of the molecule is CC(C)(C)c1ccc(O)c([Si](c2ccccc2)(c2ccccc2)c2ccccc2)c1. The van der Waals surface area contributed by atoms with Gasteiger partial charge in [0.15, 0.2) is 8.07 Å². The van der Waals surface area contributed by atoms with Crippen molar-refractivity contribution in [2.75, 3.05) is 0 Å². The summed E-state index contributed by atoms with van der Waals surface area (Å²) in [5.41, 5.74) is 1.22. The van der Waals surface area contributed by atoms with Crippen molar-refractivity contribution in [3.63, 3.8) is 0 Å². The second-order valence-corrected chi connectivity index (χ2v) is 12.6. The summed E-state index contributed by atoms with van der Waals surface area (Å²) in [5.74, 6) is 0.367. The van der Waals surface area contributed by atoms with Crippen LogP contribution in [0.1, 0.15) is 26.3 Å². The van der Waals surface area contributed by atoms with E-state index in [9.17, 15) is 5.11 Å². The van der Waals surface area contributed by atoms with Gasteiger partial charge in [0.1, 0.15) is 5.75 Å². The highest BCUT2D eigenvalue weighted by atomic mass is 28.3. The zero-order valence-electron chi connectivity index (χ0n) is 17.8. The van der Waals surface area contributed by atoms with Crippen LogP contribution in [-0.2, 0) is 5.41 Å². The number of hydrogen-bond donors (Lipinski definition) is 1. The fourth-order valence-electron chi connectivity index (χ4n) is 4.33. The maximum atomic E-state index is 11.3. The predicted molar refractivity (Wildman–Crippen MR) is 130 cm³/mol. The van der Waals surface area contributed by atoms with E-state index in [0.717, 1.165) is 5.19 Å². The van der Waals surface area contributed by atoms with Crippen molar-refractivity contribution in [3.8, 4) is 5.75 Å². The third-order valence-electron chi connectivity index (χ3n) is 5.89. The van der Waals surface area contributed by atoms with E-state index in [1.165, 1.54) is 21.1 Å². The fourth-order valence-corrected chi connectivity index (χ4v) is 9.18. The Hall–Kier alpha value is -3.10. The lowest BCUT2D eigenvalue weighted by Gasteiger charge is -2.35. The molecule has 0 spiro atoms. The Morgan fingerprint density at radius 3 is 1.33 bits per heavy atom. The van der Waals surface area contributed by atoms with E-state index < -0.39 is 8.07 Å². The molecule has 30 heavy (non-hydrogen) atoms. The zero-order valence-corrected chi connectivity index (χ0v) is 18.8. The lowest BCUT2D eigenvalue weighted by atomic mass is 9.87. The van der Waals surface area contributed by atoms with Gasteiger partial charge in [-0.05, 0) is 37.8 Å². The molecule has 0 amide bonds. The van der Waals surface area contributed by atoms with E-state index in [2.05, 4.69) is 124 Å². The van der Waals surface area contributed by atoms with Gasteiger partial charge in [-0.1, -0.05) is 124 Å². The Balaban J connectivity index is 2.17. The number of phenols is 1. The number of rotatable bonds is 4. The maximum Gasteiger partial charge on any atom is 0.183 e. The molecule has 0 fully saturated rings. The fraction of sp³-hybridized carbons (Fsp3) is 0.143. The van der Waals surface area contributed by atoms with Crippen molar-refractivity contribution in [2.24, 2.45) is 0 Å². The van der Waals surface area contributed by atoms with Crippen molar-refractivity contribution in [1.82, 2.24) is 0 Å². The van der Waals surface area contributed by atoms with Gasteiger partial charge in [-0.2, -0.15) is 0 Å². The number of benzene rings is 4. The van der Waals surface area contributed by atoms with Crippen molar-refractivity contribution in [2.45, 2.75) is 26.2 Å². The quantitative estimate of drug-likeness (QED) is 0.399. The van der Waals surface area contributed by atoms with Gasteiger partial charge in [0, 0.05) is 0 Å². The molecule has 0 bridgehead atoms. The molecule has 0 aromatic heterocycles. The number of phenolic OH excluding ortho intramolecular Hbond substituents is 1. The summed E-state index contributed by atoms with van der Waals surface area (Å²) in [5, 5.41) is 16.1. The van der Waals surface area contributed by atoms with Gasteiger partial charge < -0.3 is 5.11 Å². The molecular weight excluding hydrogens is 380 g/mol. The summed E-state index contributed by atoms with van der Waals surface area (Å²) in [6.45, 7) is 6.67. The van der Waals surface area contributed by atoms with Crippen LogP contribution in [-0.4, -0.2) is 13.2 Å². The normalized spacial score (nSPS) is 12.0. The van der Waals surface area contributed by atoms with Crippen LogP contribution in [0.2, 0.25) is 0 Å². The molecule has 0 aliphatic carbocycles. The zero-order chi connectivity index (χ0) is 21.2. The molecule has 4 rings (SSSR count). The van der Waals surface area contributed by atoms with Gasteiger partial charge in [0.25, 0.3) is 0 Å². The lowest BCUT2D eigenvalue weighted by molar-refractivity contribution is 0.478. The van der Waals surface area contributed by atoms with Crippen LogP contribution in [0.15, 0.2) is 109 Å². The van der Waals surface area contributed by atoms with Crippen LogP contribution in [0.3, 0.4) is 0 Å². The van der Waals surface area contributed by atoms with E-state index >= 15 is 0 Å². The molecule has 1 N–H and O–H groups in total. The third-order valence-corrected chi connectivity index (χ3v) is 10.7. The van der Waals surface area contributed by atoms with E-state index in [1.54, 1.807) is 0 Å². The van der Waals surface area contributed by atoms with Crippen LogP contribution in [0.25, 0.3) is 0 Å².